The number of carbonyl (C=O) groups excluding carboxylic acids is 1. The second-order valence-corrected chi connectivity index (χ2v) is 7.28. The minimum absolute atomic E-state index is 0.158. The van der Waals surface area contributed by atoms with Gasteiger partial charge in [-0.1, -0.05) is 13.8 Å². The molecular weight excluding hydrogens is 358 g/mol. The standard InChI is InChI=1S/C16H25N5O6/c1-15(2,14(22)19-17)7-8-27-16(3,4)10-18-12-6-5-11(20(23)24)9-13(12)21(25)26/h5-6,9,18H,7-8,10,17H2,1-4H3,(H,19,22). The summed E-state index contributed by atoms with van der Waals surface area (Å²) in [6.45, 7) is 7.54. The molecule has 1 aromatic rings. The first-order valence-electron chi connectivity index (χ1n) is 8.21. The second-order valence-electron chi connectivity index (χ2n) is 7.28. The van der Waals surface area contributed by atoms with Gasteiger partial charge in [0.1, 0.15) is 5.69 Å². The van der Waals surface area contributed by atoms with Crippen LogP contribution in [0.5, 0.6) is 0 Å². The molecule has 11 heteroatoms. The van der Waals surface area contributed by atoms with Crippen LogP contribution in [0.2, 0.25) is 0 Å². The summed E-state index contributed by atoms with van der Waals surface area (Å²) in [5, 5.41) is 24.8. The van der Waals surface area contributed by atoms with Gasteiger partial charge in [-0.15, -0.1) is 0 Å². The predicted molar refractivity (Wildman–Crippen MR) is 99.0 cm³/mol. The topological polar surface area (TPSA) is 163 Å². The molecule has 0 saturated carbocycles. The van der Waals surface area contributed by atoms with E-state index in [1.165, 1.54) is 12.1 Å². The number of non-ortho nitro benzene ring substituents is 1. The lowest BCUT2D eigenvalue weighted by Gasteiger charge is -2.29. The van der Waals surface area contributed by atoms with Crippen LogP contribution in [-0.2, 0) is 9.53 Å². The molecule has 1 amide bonds. The SMILES string of the molecule is CC(C)(CNc1ccc([N+](=O)[O-])cc1[N+](=O)[O-])OCCC(C)(C)C(=O)NN. The number of nitrogens with zero attached hydrogens (tertiary/aromatic N) is 2. The monoisotopic (exact) mass is 383 g/mol. The smallest absolute Gasteiger partial charge is 0.299 e. The fourth-order valence-corrected chi connectivity index (χ4v) is 2.18. The number of nitrogens with one attached hydrogen (secondary N) is 2. The van der Waals surface area contributed by atoms with Gasteiger partial charge < -0.3 is 10.1 Å². The van der Waals surface area contributed by atoms with E-state index < -0.39 is 20.9 Å². The van der Waals surface area contributed by atoms with Gasteiger partial charge in [-0.05, 0) is 26.3 Å². The van der Waals surface area contributed by atoms with Gasteiger partial charge in [0.2, 0.25) is 5.91 Å². The summed E-state index contributed by atoms with van der Waals surface area (Å²) in [7, 11) is 0. The minimum Gasteiger partial charge on any atom is -0.377 e. The molecule has 0 heterocycles. The summed E-state index contributed by atoms with van der Waals surface area (Å²) in [6.07, 6.45) is 0.428. The maximum Gasteiger partial charge on any atom is 0.299 e. The predicted octanol–water partition coefficient (Wildman–Crippen LogP) is 2.12. The number of nitro groups is 2. The van der Waals surface area contributed by atoms with Gasteiger partial charge in [-0.2, -0.15) is 0 Å². The molecule has 0 aromatic heterocycles. The molecule has 1 rings (SSSR count). The third-order valence-corrected chi connectivity index (χ3v) is 4.06. The molecule has 0 saturated heterocycles. The third kappa shape index (κ3) is 6.46. The van der Waals surface area contributed by atoms with Crippen LogP contribution in [-0.4, -0.2) is 34.5 Å². The molecule has 0 bridgehead atoms. The molecule has 0 radical (unpaired) electrons. The molecule has 0 atom stereocenters. The van der Waals surface area contributed by atoms with Gasteiger partial charge in [0.25, 0.3) is 11.4 Å². The summed E-state index contributed by atoms with van der Waals surface area (Å²) >= 11 is 0. The zero-order valence-electron chi connectivity index (χ0n) is 15.8. The van der Waals surface area contributed by atoms with E-state index in [9.17, 15) is 25.0 Å². The van der Waals surface area contributed by atoms with Crippen LogP contribution in [0.4, 0.5) is 17.1 Å². The molecule has 0 fully saturated rings. The zero-order valence-corrected chi connectivity index (χ0v) is 15.8. The highest BCUT2D eigenvalue weighted by Crippen LogP contribution is 2.29. The number of hydrogen-bond acceptors (Lipinski definition) is 8. The molecule has 4 N–H and O–H groups in total. The molecule has 27 heavy (non-hydrogen) atoms. The van der Waals surface area contributed by atoms with Crippen LogP contribution in [0.15, 0.2) is 18.2 Å². The van der Waals surface area contributed by atoms with Crippen LogP contribution in [0.3, 0.4) is 0 Å². The molecular formula is C16H25N5O6. The Morgan fingerprint density at radius 1 is 1.19 bits per heavy atom. The van der Waals surface area contributed by atoms with Gasteiger partial charge >= 0.3 is 0 Å². The van der Waals surface area contributed by atoms with E-state index in [1.54, 1.807) is 27.7 Å². The Balaban J connectivity index is 2.72. The second kappa shape index (κ2) is 8.73. The normalized spacial score (nSPS) is 11.7. The molecule has 1 aromatic carbocycles. The van der Waals surface area contributed by atoms with E-state index in [1.807, 2.05) is 0 Å². The Morgan fingerprint density at radius 3 is 2.33 bits per heavy atom. The van der Waals surface area contributed by atoms with Crippen molar-refractivity contribution in [3.05, 3.63) is 38.4 Å². The van der Waals surface area contributed by atoms with Crippen LogP contribution >= 0.6 is 0 Å². The maximum absolute atomic E-state index is 11.7. The van der Waals surface area contributed by atoms with Crippen molar-refractivity contribution in [1.82, 2.24) is 5.43 Å². The van der Waals surface area contributed by atoms with Crippen molar-refractivity contribution in [1.29, 1.82) is 0 Å². The average molecular weight is 383 g/mol. The molecule has 0 aliphatic rings. The van der Waals surface area contributed by atoms with Crippen LogP contribution in [0.25, 0.3) is 0 Å². The number of nitrogens with two attached hydrogens (primary N) is 1. The first-order valence-corrected chi connectivity index (χ1v) is 8.21. The van der Waals surface area contributed by atoms with Gasteiger partial charge in [0.15, 0.2) is 0 Å². The lowest BCUT2D eigenvalue weighted by atomic mass is 9.89. The Kier molecular flexibility index (Phi) is 7.20. The molecule has 0 spiro atoms. The van der Waals surface area contributed by atoms with Crippen molar-refractivity contribution < 1.29 is 19.4 Å². The largest absolute Gasteiger partial charge is 0.377 e. The summed E-state index contributed by atoms with van der Waals surface area (Å²) in [4.78, 5) is 32.2. The number of carbonyl (C=O) groups is 1. The quantitative estimate of drug-likeness (QED) is 0.239. The molecule has 0 aliphatic carbocycles. The van der Waals surface area contributed by atoms with E-state index in [2.05, 4.69) is 10.7 Å². The number of hydrazine groups is 1. The van der Waals surface area contributed by atoms with Crippen LogP contribution in [0.1, 0.15) is 34.1 Å². The lowest BCUT2D eigenvalue weighted by Crippen LogP contribution is -2.42. The van der Waals surface area contributed by atoms with Crippen LogP contribution < -0.4 is 16.6 Å². The molecule has 0 unspecified atom stereocenters. The summed E-state index contributed by atoms with van der Waals surface area (Å²) < 4.78 is 5.78. The highest BCUT2D eigenvalue weighted by atomic mass is 16.6. The first kappa shape index (κ1) is 22.3. The fraction of sp³-hybridized carbons (Fsp3) is 0.562. The number of amides is 1. The fourth-order valence-electron chi connectivity index (χ4n) is 2.18. The number of anilines is 1. The molecule has 150 valence electrons. The molecule has 11 nitrogen and oxygen atoms in total. The Morgan fingerprint density at radius 2 is 1.81 bits per heavy atom. The van der Waals surface area contributed by atoms with Crippen molar-refractivity contribution >= 4 is 23.0 Å². The van der Waals surface area contributed by atoms with E-state index in [0.717, 1.165) is 6.07 Å². The summed E-state index contributed by atoms with van der Waals surface area (Å²) in [5.74, 6) is 4.85. The number of rotatable bonds is 10. The molecule has 0 aliphatic heterocycles. The zero-order chi connectivity index (χ0) is 20.8. The van der Waals surface area contributed by atoms with E-state index >= 15 is 0 Å². The number of hydrogen-bond donors (Lipinski definition) is 3. The van der Waals surface area contributed by atoms with Crippen molar-refractivity contribution in [3.63, 3.8) is 0 Å². The number of nitro benzene ring substituents is 2. The van der Waals surface area contributed by atoms with Gasteiger partial charge in [-0.25, -0.2) is 5.84 Å². The Bertz CT molecular complexity index is 719. The van der Waals surface area contributed by atoms with Crippen LogP contribution in [0, 0.1) is 25.6 Å². The van der Waals surface area contributed by atoms with Crippen molar-refractivity contribution in [2.75, 3.05) is 18.5 Å². The van der Waals surface area contributed by atoms with Crippen molar-refractivity contribution in [2.24, 2.45) is 11.3 Å². The first-order chi connectivity index (χ1) is 12.4. The van der Waals surface area contributed by atoms with E-state index in [4.69, 9.17) is 10.6 Å². The van der Waals surface area contributed by atoms with E-state index in [-0.39, 0.29) is 36.1 Å². The third-order valence-electron chi connectivity index (χ3n) is 4.06. The van der Waals surface area contributed by atoms with E-state index in [0.29, 0.717) is 6.42 Å². The summed E-state index contributed by atoms with van der Waals surface area (Å²) in [6, 6.07) is 3.39. The minimum atomic E-state index is -0.703. The highest BCUT2D eigenvalue weighted by Gasteiger charge is 2.28. The Hall–Kier alpha value is -2.79. The highest BCUT2D eigenvalue weighted by molar-refractivity contribution is 5.81. The Labute approximate surface area is 156 Å². The maximum atomic E-state index is 11.7. The van der Waals surface area contributed by atoms with Gasteiger partial charge in [-0.3, -0.25) is 30.4 Å². The van der Waals surface area contributed by atoms with Gasteiger partial charge in [0, 0.05) is 24.6 Å². The lowest BCUT2D eigenvalue weighted by molar-refractivity contribution is -0.393. The summed E-state index contributed by atoms with van der Waals surface area (Å²) in [5.41, 5.74) is 0.119. The number of benzene rings is 1. The number of ether oxygens (including phenoxy) is 1. The average Bonchev–Trinajstić information content (AvgIpc) is 2.58. The van der Waals surface area contributed by atoms with Gasteiger partial charge in [0.05, 0.1) is 21.5 Å². The van der Waals surface area contributed by atoms with Crippen molar-refractivity contribution in [2.45, 2.75) is 39.7 Å². The van der Waals surface area contributed by atoms with Crippen molar-refractivity contribution in [3.8, 4) is 0 Å².